The number of fused-ring (bicyclic) bond motifs is 1. The second-order valence-corrected chi connectivity index (χ2v) is 4.19. The van der Waals surface area contributed by atoms with Crippen molar-refractivity contribution in [3.63, 3.8) is 0 Å². The first-order valence-corrected chi connectivity index (χ1v) is 4.98. The van der Waals surface area contributed by atoms with E-state index in [2.05, 4.69) is 15.9 Å². The van der Waals surface area contributed by atoms with Crippen molar-refractivity contribution in [2.24, 2.45) is 0 Å². The predicted octanol–water partition coefficient (Wildman–Crippen LogP) is 2.21. The van der Waals surface area contributed by atoms with E-state index < -0.39 is 0 Å². The van der Waals surface area contributed by atoms with Crippen molar-refractivity contribution >= 4 is 21.7 Å². The van der Waals surface area contributed by atoms with Gasteiger partial charge in [-0.1, -0.05) is 15.9 Å². The lowest BCUT2D eigenvalue weighted by molar-refractivity contribution is -0.118. The van der Waals surface area contributed by atoms with Crippen molar-refractivity contribution in [3.05, 3.63) is 27.7 Å². The zero-order valence-electron chi connectivity index (χ0n) is 7.01. The van der Waals surface area contributed by atoms with Gasteiger partial charge in [-0.25, -0.2) is 0 Å². The summed E-state index contributed by atoms with van der Waals surface area (Å²) < 4.78 is 0.832. The lowest BCUT2D eigenvalue weighted by atomic mass is 9.90. The van der Waals surface area contributed by atoms with Gasteiger partial charge in [0.05, 0.1) is 0 Å². The Bertz CT molecular complexity index is 371. The van der Waals surface area contributed by atoms with Crippen LogP contribution in [-0.4, -0.2) is 10.9 Å². The number of benzene rings is 1. The largest absolute Gasteiger partial charge is 0.508 e. The molecular formula is C10H9BrO2. The van der Waals surface area contributed by atoms with Gasteiger partial charge in [0.15, 0.2) is 0 Å². The van der Waals surface area contributed by atoms with Gasteiger partial charge < -0.3 is 5.11 Å². The number of carbonyl (C=O) groups is 1. The lowest BCUT2D eigenvalue weighted by Gasteiger charge is -2.16. The van der Waals surface area contributed by atoms with Crippen LogP contribution < -0.4 is 0 Å². The summed E-state index contributed by atoms with van der Waals surface area (Å²) in [4.78, 5) is 11.2. The van der Waals surface area contributed by atoms with E-state index in [0.29, 0.717) is 25.0 Å². The Hall–Kier alpha value is -0.830. The number of aromatic hydroxyl groups is 1. The van der Waals surface area contributed by atoms with Crippen LogP contribution in [0.25, 0.3) is 0 Å². The molecule has 2 nitrogen and oxygen atoms in total. The topological polar surface area (TPSA) is 37.3 Å². The van der Waals surface area contributed by atoms with E-state index in [9.17, 15) is 9.90 Å². The van der Waals surface area contributed by atoms with Crippen molar-refractivity contribution in [3.8, 4) is 5.75 Å². The van der Waals surface area contributed by atoms with Crippen LogP contribution in [-0.2, 0) is 17.6 Å². The third-order valence-electron chi connectivity index (χ3n) is 2.32. The van der Waals surface area contributed by atoms with Gasteiger partial charge in [0.2, 0.25) is 0 Å². The van der Waals surface area contributed by atoms with E-state index in [0.717, 1.165) is 15.6 Å². The Kier molecular flexibility index (Phi) is 2.12. The molecule has 0 saturated carbocycles. The molecule has 68 valence electrons. The van der Waals surface area contributed by atoms with Crippen LogP contribution in [0.2, 0.25) is 0 Å². The van der Waals surface area contributed by atoms with Gasteiger partial charge in [0.25, 0.3) is 0 Å². The highest BCUT2D eigenvalue weighted by Gasteiger charge is 2.18. The highest BCUT2D eigenvalue weighted by molar-refractivity contribution is 9.10. The number of phenols is 1. The Morgan fingerprint density at radius 1 is 1.31 bits per heavy atom. The van der Waals surface area contributed by atoms with E-state index in [1.165, 1.54) is 0 Å². The molecule has 0 bridgehead atoms. The number of hydrogen-bond acceptors (Lipinski definition) is 2. The third kappa shape index (κ3) is 1.61. The summed E-state index contributed by atoms with van der Waals surface area (Å²) in [7, 11) is 0. The maximum absolute atomic E-state index is 11.2. The predicted molar refractivity (Wildman–Crippen MR) is 52.8 cm³/mol. The maximum Gasteiger partial charge on any atom is 0.137 e. The molecule has 0 radical (unpaired) electrons. The van der Waals surface area contributed by atoms with Crippen LogP contribution in [0.5, 0.6) is 5.75 Å². The molecule has 1 aliphatic carbocycles. The molecule has 1 N–H and O–H groups in total. The summed E-state index contributed by atoms with van der Waals surface area (Å²) in [5.41, 5.74) is 1.89. The molecule has 0 amide bonds. The molecule has 3 heteroatoms. The zero-order chi connectivity index (χ0) is 9.42. The monoisotopic (exact) mass is 240 g/mol. The van der Waals surface area contributed by atoms with Crippen LogP contribution in [0.15, 0.2) is 16.6 Å². The fraction of sp³-hybridized carbons (Fsp3) is 0.300. The summed E-state index contributed by atoms with van der Waals surface area (Å²) >= 11 is 3.29. The number of ketones is 1. The minimum Gasteiger partial charge on any atom is -0.508 e. The molecule has 0 atom stereocenters. The first-order chi connectivity index (χ1) is 6.16. The summed E-state index contributed by atoms with van der Waals surface area (Å²) in [6.45, 7) is 0. The van der Waals surface area contributed by atoms with E-state index in [4.69, 9.17) is 0 Å². The molecule has 0 spiro atoms. The van der Waals surface area contributed by atoms with Crippen LogP contribution in [0.3, 0.4) is 0 Å². The second-order valence-electron chi connectivity index (χ2n) is 3.28. The Labute approximate surface area is 84.7 Å². The standard InChI is InChI=1S/C10H9BrO2/c11-7-3-6-4-8(12)1-2-9(6)10(13)5-7/h3,5,13H,1-2,4H2. The van der Waals surface area contributed by atoms with Crippen LogP contribution in [0.1, 0.15) is 17.5 Å². The molecule has 0 unspecified atom stereocenters. The van der Waals surface area contributed by atoms with E-state index >= 15 is 0 Å². The smallest absolute Gasteiger partial charge is 0.137 e. The first kappa shape index (κ1) is 8.75. The Morgan fingerprint density at radius 3 is 2.85 bits per heavy atom. The summed E-state index contributed by atoms with van der Waals surface area (Å²) in [6, 6.07) is 3.58. The number of Topliss-reactive ketones (excluding diaryl/α,β-unsaturated/α-hetero) is 1. The second kappa shape index (κ2) is 3.14. The molecule has 2 rings (SSSR count). The normalized spacial score (nSPS) is 15.6. The van der Waals surface area contributed by atoms with Gasteiger partial charge in [-0.3, -0.25) is 4.79 Å². The van der Waals surface area contributed by atoms with Crippen LogP contribution >= 0.6 is 15.9 Å². The van der Waals surface area contributed by atoms with E-state index in [1.54, 1.807) is 6.07 Å². The molecule has 13 heavy (non-hydrogen) atoms. The zero-order valence-corrected chi connectivity index (χ0v) is 8.60. The Balaban J connectivity index is 2.53. The average Bonchev–Trinajstić information content (AvgIpc) is 2.02. The van der Waals surface area contributed by atoms with Gasteiger partial charge in [-0.05, 0) is 29.7 Å². The van der Waals surface area contributed by atoms with Crippen molar-refractivity contribution in [1.82, 2.24) is 0 Å². The average molecular weight is 241 g/mol. The molecule has 1 aromatic carbocycles. The fourth-order valence-corrected chi connectivity index (χ4v) is 2.18. The van der Waals surface area contributed by atoms with Crippen LogP contribution in [0.4, 0.5) is 0 Å². The van der Waals surface area contributed by atoms with Crippen molar-refractivity contribution in [2.75, 3.05) is 0 Å². The minimum absolute atomic E-state index is 0.255. The number of carbonyl (C=O) groups excluding carboxylic acids is 1. The highest BCUT2D eigenvalue weighted by Crippen LogP contribution is 2.31. The SMILES string of the molecule is O=C1CCc2c(O)cc(Br)cc2C1. The third-order valence-corrected chi connectivity index (χ3v) is 2.78. The number of halogens is 1. The number of hydrogen-bond donors (Lipinski definition) is 1. The molecule has 0 aliphatic heterocycles. The number of rotatable bonds is 0. The lowest BCUT2D eigenvalue weighted by Crippen LogP contribution is -2.13. The summed E-state index contributed by atoms with van der Waals surface area (Å²) in [6.07, 6.45) is 1.69. The molecule has 0 saturated heterocycles. The van der Waals surface area contributed by atoms with E-state index in [1.807, 2.05) is 6.07 Å². The number of phenolic OH excluding ortho intramolecular Hbond substituents is 1. The van der Waals surface area contributed by atoms with Crippen LogP contribution in [0, 0.1) is 0 Å². The van der Waals surface area contributed by atoms with Crippen molar-refractivity contribution in [1.29, 1.82) is 0 Å². The van der Waals surface area contributed by atoms with Gasteiger partial charge in [0.1, 0.15) is 11.5 Å². The van der Waals surface area contributed by atoms with Gasteiger partial charge in [-0.2, -0.15) is 0 Å². The van der Waals surface area contributed by atoms with Crippen molar-refractivity contribution < 1.29 is 9.90 Å². The molecule has 1 aliphatic rings. The molecular weight excluding hydrogens is 232 g/mol. The first-order valence-electron chi connectivity index (χ1n) is 4.19. The van der Waals surface area contributed by atoms with Gasteiger partial charge in [-0.15, -0.1) is 0 Å². The fourth-order valence-electron chi connectivity index (χ4n) is 1.69. The van der Waals surface area contributed by atoms with Gasteiger partial charge in [0, 0.05) is 17.3 Å². The summed E-state index contributed by atoms with van der Waals surface area (Å²) in [5, 5.41) is 9.58. The molecule has 0 fully saturated rings. The van der Waals surface area contributed by atoms with Gasteiger partial charge >= 0.3 is 0 Å². The quantitative estimate of drug-likeness (QED) is 0.756. The highest BCUT2D eigenvalue weighted by atomic mass is 79.9. The Morgan fingerprint density at radius 2 is 2.08 bits per heavy atom. The molecule has 0 heterocycles. The molecule has 1 aromatic rings. The minimum atomic E-state index is 0.255. The molecule has 0 aromatic heterocycles. The maximum atomic E-state index is 11.2. The van der Waals surface area contributed by atoms with E-state index in [-0.39, 0.29) is 5.78 Å². The van der Waals surface area contributed by atoms with Crippen molar-refractivity contribution in [2.45, 2.75) is 19.3 Å². The summed E-state index contributed by atoms with van der Waals surface area (Å²) in [5.74, 6) is 0.557.